The smallest absolute Gasteiger partial charge is 0.239 e. The third kappa shape index (κ3) is 5.56. The van der Waals surface area contributed by atoms with Crippen LogP contribution in [0.3, 0.4) is 0 Å². The first kappa shape index (κ1) is 17.8. The van der Waals surface area contributed by atoms with Crippen LogP contribution in [0.2, 0.25) is 10.0 Å². The van der Waals surface area contributed by atoms with Crippen molar-refractivity contribution < 1.29 is 9.59 Å². The van der Waals surface area contributed by atoms with Crippen LogP contribution in [0.15, 0.2) is 18.2 Å². The van der Waals surface area contributed by atoms with Gasteiger partial charge in [0.1, 0.15) is 0 Å². The summed E-state index contributed by atoms with van der Waals surface area (Å²) < 4.78 is 0. The lowest BCUT2D eigenvalue weighted by atomic mass is 10.1. The highest BCUT2D eigenvalue weighted by Crippen LogP contribution is 2.25. The summed E-state index contributed by atoms with van der Waals surface area (Å²) >= 11 is 12.1. The molecule has 1 aromatic rings. The Labute approximate surface area is 135 Å². The number of carbonyl (C=O) groups is 2. The molecular weight excluding hydrogens is 311 g/mol. The minimum absolute atomic E-state index is 0.0373. The van der Waals surface area contributed by atoms with Crippen LogP contribution >= 0.6 is 23.2 Å². The van der Waals surface area contributed by atoms with Gasteiger partial charge in [0.2, 0.25) is 11.8 Å². The second-order valence-corrected chi connectivity index (χ2v) is 5.82. The molecule has 0 heterocycles. The summed E-state index contributed by atoms with van der Waals surface area (Å²) in [5.74, 6) is -0.350. The van der Waals surface area contributed by atoms with E-state index in [1.54, 1.807) is 18.2 Å². The summed E-state index contributed by atoms with van der Waals surface area (Å²) in [6.07, 6.45) is 0.0846. The fraction of sp³-hybridized carbons (Fsp3) is 0.467. The average molecular weight is 331 g/mol. The first-order valence-electron chi connectivity index (χ1n) is 6.85. The van der Waals surface area contributed by atoms with Gasteiger partial charge in [-0.3, -0.25) is 9.59 Å². The Morgan fingerprint density at radius 3 is 2.29 bits per heavy atom. The number of nitrogens with zero attached hydrogens (tertiary/aromatic N) is 1. The van der Waals surface area contributed by atoms with Crippen molar-refractivity contribution in [2.75, 3.05) is 13.1 Å². The number of halogens is 2. The molecule has 0 atom stereocenters. The maximum absolute atomic E-state index is 12.3. The molecule has 0 aromatic heterocycles. The second-order valence-electron chi connectivity index (χ2n) is 5.01. The lowest BCUT2D eigenvalue weighted by molar-refractivity contribution is -0.135. The largest absolute Gasteiger partial charge is 0.352 e. The van der Waals surface area contributed by atoms with Gasteiger partial charge >= 0.3 is 0 Å². The molecular formula is C15H20Cl2N2O2. The van der Waals surface area contributed by atoms with Gasteiger partial charge in [-0.25, -0.2) is 0 Å². The average Bonchev–Trinajstić information content (AvgIpc) is 2.39. The van der Waals surface area contributed by atoms with Crippen LogP contribution in [0, 0.1) is 0 Å². The molecule has 1 aromatic carbocycles. The van der Waals surface area contributed by atoms with Crippen molar-refractivity contribution >= 4 is 35.0 Å². The Hall–Kier alpha value is -1.26. The SMILES string of the molecule is CCN(CC(=O)NC(C)C)C(=O)Cc1c(Cl)cccc1Cl. The number of hydrogen-bond acceptors (Lipinski definition) is 2. The molecule has 6 heteroatoms. The van der Waals surface area contributed by atoms with Crippen LogP contribution in [0.4, 0.5) is 0 Å². The van der Waals surface area contributed by atoms with Crippen molar-refractivity contribution in [2.24, 2.45) is 0 Å². The maximum Gasteiger partial charge on any atom is 0.239 e. The maximum atomic E-state index is 12.3. The third-order valence-electron chi connectivity index (χ3n) is 2.91. The minimum Gasteiger partial charge on any atom is -0.352 e. The lowest BCUT2D eigenvalue weighted by Crippen LogP contribution is -2.43. The molecule has 21 heavy (non-hydrogen) atoms. The molecule has 0 saturated heterocycles. The van der Waals surface area contributed by atoms with Crippen LogP contribution < -0.4 is 5.32 Å². The van der Waals surface area contributed by atoms with Crippen molar-refractivity contribution in [3.63, 3.8) is 0 Å². The molecule has 0 saturated carbocycles. The fourth-order valence-corrected chi connectivity index (χ4v) is 2.41. The first-order valence-corrected chi connectivity index (χ1v) is 7.60. The highest BCUT2D eigenvalue weighted by molar-refractivity contribution is 6.36. The number of likely N-dealkylation sites (N-methyl/N-ethyl adjacent to an activating group) is 1. The number of amides is 2. The van der Waals surface area contributed by atoms with Crippen molar-refractivity contribution in [2.45, 2.75) is 33.2 Å². The molecule has 116 valence electrons. The van der Waals surface area contributed by atoms with Crippen molar-refractivity contribution in [1.29, 1.82) is 0 Å². The van der Waals surface area contributed by atoms with Gasteiger partial charge in [-0.15, -0.1) is 0 Å². The highest BCUT2D eigenvalue weighted by Gasteiger charge is 2.18. The lowest BCUT2D eigenvalue weighted by Gasteiger charge is -2.21. The molecule has 0 aliphatic rings. The van der Waals surface area contributed by atoms with E-state index < -0.39 is 0 Å². The highest BCUT2D eigenvalue weighted by atomic mass is 35.5. The van der Waals surface area contributed by atoms with Gasteiger partial charge in [-0.05, 0) is 38.5 Å². The Morgan fingerprint density at radius 1 is 1.24 bits per heavy atom. The van der Waals surface area contributed by atoms with Crippen molar-refractivity contribution in [3.05, 3.63) is 33.8 Å². The van der Waals surface area contributed by atoms with E-state index in [9.17, 15) is 9.59 Å². The molecule has 1 rings (SSSR count). The van der Waals surface area contributed by atoms with Crippen LogP contribution in [-0.4, -0.2) is 35.8 Å². The van der Waals surface area contributed by atoms with Crippen molar-refractivity contribution in [1.82, 2.24) is 10.2 Å². The Morgan fingerprint density at radius 2 is 1.81 bits per heavy atom. The molecule has 0 aliphatic heterocycles. The van der Waals surface area contributed by atoms with E-state index in [1.165, 1.54) is 4.90 Å². The monoisotopic (exact) mass is 330 g/mol. The van der Waals surface area contributed by atoms with Crippen LogP contribution in [0.1, 0.15) is 26.3 Å². The number of carbonyl (C=O) groups excluding carboxylic acids is 2. The van der Waals surface area contributed by atoms with E-state index in [-0.39, 0.29) is 30.8 Å². The van der Waals surface area contributed by atoms with E-state index in [2.05, 4.69) is 5.32 Å². The molecule has 0 aliphatic carbocycles. The topological polar surface area (TPSA) is 49.4 Å². The van der Waals surface area contributed by atoms with E-state index >= 15 is 0 Å². The summed E-state index contributed by atoms with van der Waals surface area (Å²) in [7, 11) is 0. The molecule has 0 spiro atoms. The zero-order valence-electron chi connectivity index (χ0n) is 12.5. The predicted octanol–water partition coefficient (Wildman–Crippen LogP) is 2.91. The quantitative estimate of drug-likeness (QED) is 0.871. The van der Waals surface area contributed by atoms with Gasteiger partial charge in [0.05, 0.1) is 13.0 Å². The molecule has 2 amide bonds. The molecule has 0 fully saturated rings. The molecule has 0 unspecified atom stereocenters. The third-order valence-corrected chi connectivity index (χ3v) is 3.62. The van der Waals surface area contributed by atoms with Crippen molar-refractivity contribution in [3.8, 4) is 0 Å². The predicted molar refractivity (Wildman–Crippen MR) is 85.7 cm³/mol. The Kier molecular flexibility index (Phi) is 6.99. The Balaban J connectivity index is 2.74. The van der Waals surface area contributed by atoms with Gasteiger partial charge in [0, 0.05) is 22.6 Å². The van der Waals surface area contributed by atoms with Crippen LogP contribution in [-0.2, 0) is 16.0 Å². The zero-order chi connectivity index (χ0) is 16.0. The van der Waals surface area contributed by atoms with Gasteiger partial charge in [-0.2, -0.15) is 0 Å². The molecule has 4 nitrogen and oxygen atoms in total. The van der Waals surface area contributed by atoms with Gasteiger partial charge in [0.15, 0.2) is 0 Å². The number of nitrogens with one attached hydrogen (secondary N) is 1. The van der Waals surface area contributed by atoms with Gasteiger partial charge in [-0.1, -0.05) is 29.3 Å². The first-order chi connectivity index (χ1) is 9.85. The van der Waals surface area contributed by atoms with E-state index in [1.807, 2.05) is 20.8 Å². The fourth-order valence-electron chi connectivity index (χ4n) is 1.88. The second kappa shape index (κ2) is 8.25. The van der Waals surface area contributed by atoms with E-state index in [0.717, 1.165) is 0 Å². The molecule has 1 N–H and O–H groups in total. The minimum atomic E-state index is -0.176. The van der Waals surface area contributed by atoms with Gasteiger partial charge < -0.3 is 10.2 Å². The Bertz CT molecular complexity index is 498. The van der Waals surface area contributed by atoms with Crippen LogP contribution in [0.5, 0.6) is 0 Å². The summed E-state index contributed by atoms with van der Waals surface area (Å²) in [6, 6.07) is 5.16. The van der Waals surface area contributed by atoms with E-state index in [4.69, 9.17) is 23.2 Å². The number of benzene rings is 1. The summed E-state index contributed by atoms with van der Waals surface area (Å²) in [6.45, 7) is 6.07. The van der Waals surface area contributed by atoms with Gasteiger partial charge in [0.25, 0.3) is 0 Å². The molecule has 0 bridgehead atoms. The van der Waals surface area contributed by atoms with Crippen LogP contribution in [0.25, 0.3) is 0 Å². The molecule has 0 radical (unpaired) electrons. The summed E-state index contributed by atoms with van der Waals surface area (Å²) in [5.41, 5.74) is 0.591. The summed E-state index contributed by atoms with van der Waals surface area (Å²) in [4.78, 5) is 25.5. The summed E-state index contributed by atoms with van der Waals surface area (Å²) in [5, 5.41) is 3.68. The number of rotatable bonds is 6. The zero-order valence-corrected chi connectivity index (χ0v) is 14.0. The van der Waals surface area contributed by atoms with E-state index in [0.29, 0.717) is 22.2 Å². The number of hydrogen-bond donors (Lipinski definition) is 1. The normalized spacial score (nSPS) is 10.6. The standard InChI is InChI=1S/C15H20Cl2N2O2/c1-4-19(9-14(20)18-10(2)3)15(21)8-11-12(16)6-5-7-13(11)17/h5-7,10H,4,8-9H2,1-3H3,(H,18,20).